The number of benzene rings is 2. The zero-order valence-electron chi connectivity index (χ0n) is 17.5. The quantitative estimate of drug-likeness (QED) is 0.587. The summed E-state index contributed by atoms with van der Waals surface area (Å²) in [5, 5.41) is 4.49. The first kappa shape index (κ1) is 20.9. The molecule has 0 unspecified atom stereocenters. The number of hydrogen-bond donors (Lipinski definition) is 1. The molecule has 0 spiro atoms. The summed E-state index contributed by atoms with van der Waals surface area (Å²) in [6.45, 7) is 7.02. The van der Waals surface area contributed by atoms with Gasteiger partial charge >= 0.3 is 0 Å². The number of halogens is 1. The molecule has 0 saturated carbocycles. The van der Waals surface area contributed by atoms with Gasteiger partial charge in [-0.15, -0.1) is 0 Å². The summed E-state index contributed by atoms with van der Waals surface area (Å²) in [4.78, 5) is 17.7. The van der Waals surface area contributed by atoms with Gasteiger partial charge in [-0.3, -0.25) is 9.69 Å². The molecule has 6 heteroatoms. The van der Waals surface area contributed by atoms with Crippen molar-refractivity contribution in [3.8, 4) is 0 Å². The molecular formula is C24H29ClN4O. The number of amides is 1. The molecule has 1 aliphatic rings. The third-order valence-electron chi connectivity index (χ3n) is 5.91. The molecule has 2 aromatic carbocycles. The predicted molar refractivity (Wildman–Crippen MR) is 123 cm³/mol. The summed E-state index contributed by atoms with van der Waals surface area (Å²) < 4.78 is 1.87. The lowest BCUT2D eigenvalue weighted by atomic mass is 10.2. The van der Waals surface area contributed by atoms with E-state index in [0.717, 1.165) is 56.6 Å². The Morgan fingerprint density at radius 3 is 2.37 bits per heavy atom. The van der Waals surface area contributed by atoms with Crippen LogP contribution in [-0.2, 0) is 13.6 Å². The van der Waals surface area contributed by atoms with Gasteiger partial charge in [-0.25, -0.2) is 0 Å². The van der Waals surface area contributed by atoms with E-state index < -0.39 is 0 Å². The van der Waals surface area contributed by atoms with Crippen molar-refractivity contribution in [3.63, 3.8) is 0 Å². The molecule has 1 aliphatic heterocycles. The molecule has 158 valence electrons. The van der Waals surface area contributed by atoms with Crippen molar-refractivity contribution >= 4 is 28.4 Å². The molecule has 1 saturated heterocycles. The van der Waals surface area contributed by atoms with Crippen molar-refractivity contribution in [3.05, 3.63) is 70.9 Å². The maximum atomic E-state index is 12.7. The highest BCUT2D eigenvalue weighted by atomic mass is 35.5. The van der Waals surface area contributed by atoms with Crippen LogP contribution < -0.4 is 5.32 Å². The van der Waals surface area contributed by atoms with Crippen LogP contribution in [0.2, 0.25) is 5.02 Å². The molecule has 3 aromatic rings. The molecule has 2 heterocycles. The van der Waals surface area contributed by atoms with Crippen molar-refractivity contribution in [1.82, 2.24) is 19.7 Å². The number of aromatic nitrogens is 1. The SMILES string of the molecule is Cn1c(C(=O)NCCCN2CCN(Cc3ccccc3)CC2)c(Cl)c2ccccc21. The Hall–Kier alpha value is -2.34. The van der Waals surface area contributed by atoms with E-state index in [1.54, 1.807) is 0 Å². The molecule has 4 rings (SSSR count). The van der Waals surface area contributed by atoms with E-state index in [4.69, 9.17) is 11.6 Å². The van der Waals surface area contributed by atoms with Crippen LogP contribution in [0.15, 0.2) is 54.6 Å². The minimum absolute atomic E-state index is 0.105. The van der Waals surface area contributed by atoms with Crippen molar-refractivity contribution in [2.75, 3.05) is 39.3 Å². The number of aryl methyl sites for hydroxylation is 1. The number of fused-ring (bicyclic) bond motifs is 1. The molecule has 0 aliphatic carbocycles. The number of carbonyl (C=O) groups excluding carboxylic acids is 1. The second-order valence-electron chi connectivity index (χ2n) is 7.95. The Morgan fingerprint density at radius 1 is 0.967 bits per heavy atom. The number of carbonyl (C=O) groups is 1. The van der Waals surface area contributed by atoms with Crippen LogP contribution in [0.4, 0.5) is 0 Å². The van der Waals surface area contributed by atoms with Gasteiger partial charge in [0.2, 0.25) is 0 Å². The number of para-hydroxylation sites is 1. The number of hydrogen-bond acceptors (Lipinski definition) is 3. The molecule has 1 aromatic heterocycles. The maximum Gasteiger partial charge on any atom is 0.269 e. The first-order valence-electron chi connectivity index (χ1n) is 10.6. The van der Waals surface area contributed by atoms with Crippen LogP contribution in [0.25, 0.3) is 10.9 Å². The summed E-state index contributed by atoms with van der Waals surface area (Å²) in [6.07, 6.45) is 0.936. The van der Waals surface area contributed by atoms with Gasteiger partial charge in [0, 0.05) is 57.2 Å². The Balaban J connectivity index is 1.20. The van der Waals surface area contributed by atoms with Gasteiger partial charge in [0.15, 0.2) is 0 Å². The van der Waals surface area contributed by atoms with E-state index in [0.29, 0.717) is 17.3 Å². The highest BCUT2D eigenvalue weighted by molar-refractivity contribution is 6.38. The van der Waals surface area contributed by atoms with Crippen LogP contribution >= 0.6 is 11.6 Å². The Bertz CT molecular complexity index is 954. The zero-order chi connectivity index (χ0) is 20.9. The first-order valence-corrected chi connectivity index (χ1v) is 11.0. The predicted octanol–water partition coefficient (Wildman–Crippen LogP) is 3.77. The van der Waals surface area contributed by atoms with Crippen molar-refractivity contribution in [2.24, 2.45) is 7.05 Å². The van der Waals surface area contributed by atoms with E-state index in [-0.39, 0.29) is 5.91 Å². The van der Waals surface area contributed by atoms with E-state index in [1.165, 1.54) is 5.56 Å². The normalized spacial score (nSPS) is 15.5. The molecule has 1 amide bonds. The van der Waals surface area contributed by atoms with Gasteiger partial charge in [-0.05, 0) is 24.6 Å². The van der Waals surface area contributed by atoms with Gasteiger partial charge in [-0.1, -0.05) is 60.1 Å². The van der Waals surface area contributed by atoms with Crippen LogP contribution in [0.1, 0.15) is 22.5 Å². The summed E-state index contributed by atoms with van der Waals surface area (Å²) in [5.41, 5.74) is 2.88. The molecule has 0 bridgehead atoms. The van der Waals surface area contributed by atoms with E-state index in [1.807, 2.05) is 35.9 Å². The van der Waals surface area contributed by atoms with Crippen LogP contribution in [0.3, 0.4) is 0 Å². The fourth-order valence-corrected chi connectivity index (χ4v) is 4.57. The monoisotopic (exact) mass is 424 g/mol. The van der Waals surface area contributed by atoms with Crippen LogP contribution in [0.5, 0.6) is 0 Å². The standard InChI is InChI=1S/C24H29ClN4O/c1-27-21-11-6-5-10-20(21)22(25)23(27)24(30)26-12-7-13-28-14-16-29(17-15-28)18-19-8-3-2-4-9-19/h2-6,8-11H,7,12-18H2,1H3,(H,26,30). The lowest BCUT2D eigenvalue weighted by Crippen LogP contribution is -2.46. The summed E-state index contributed by atoms with van der Waals surface area (Å²) in [5.74, 6) is -0.105. The molecule has 1 fully saturated rings. The highest BCUT2D eigenvalue weighted by Gasteiger charge is 2.20. The molecule has 5 nitrogen and oxygen atoms in total. The third-order valence-corrected chi connectivity index (χ3v) is 6.29. The Morgan fingerprint density at radius 2 is 1.63 bits per heavy atom. The van der Waals surface area contributed by atoms with Gasteiger partial charge in [0.1, 0.15) is 5.69 Å². The molecule has 0 atom stereocenters. The van der Waals surface area contributed by atoms with Crippen LogP contribution in [-0.4, -0.2) is 59.5 Å². The molecule has 0 radical (unpaired) electrons. The molecular weight excluding hydrogens is 396 g/mol. The van der Waals surface area contributed by atoms with E-state index >= 15 is 0 Å². The summed E-state index contributed by atoms with van der Waals surface area (Å²) in [7, 11) is 1.89. The van der Waals surface area contributed by atoms with Gasteiger partial charge in [0.05, 0.1) is 5.02 Å². The largest absolute Gasteiger partial charge is 0.351 e. The lowest BCUT2D eigenvalue weighted by Gasteiger charge is -2.34. The van der Waals surface area contributed by atoms with E-state index in [2.05, 4.69) is 45.4 Å². The lowest BCUT2D eigenvalue weighted by molar-refractivity contribution is 0.0939. The van der Waals surface area contributed by atoms with Crippen molar-refractivity contribution < 1.29 is 4.79 Å². The average molecular weight is 425 g/mol. The van der Waals surface area contributed by atoms with Crippen molar-refractivity contribution in [2.45, 2.75) is 13.0 Å². The maximum absolute atomic E-state index is 12.7. The van der Waals surface area contributed by atoms with Gasteiger partial charge < -0.3 is 14.8 Å². The fraction of sp³-hybridized carbons (Fsp3) is 0.375. The number of nitrogens with one attached hydrogen (secondary N) is 1. The minimum Gasteiger partial charge on any atom is -0.351 e. The first-order chi connectivity index (χ1) is 14.6. The van der Waals surface area contributed by atoms with Crippen LogP contribution in [0, 0.1) is 0 Å². The zero-order valence-corrected chi connectivity index (χ0v) is 18.2. The second-order valence-corrected chi connectivity index (χ2v) is 8.33. The average Bonchev–Trinajstić information content (AvgIpc) is 3.03. The highest BCUT2D eigenvalue weighted by Crippen LogP contribution is 2.29. The smallest absolute Gasteiger partial charge is 0.269 e. The third kappa shape index (κ3) is 4.69. The van der Waals surface area contributed by atoms with Gasteiger partial charge in [-0.2, -0.15) is 0 Å². The Labute approximate surface area is 183 Å². The number of rotatable bonds is 7. The second kappa shape index (κ2) is 9.65. The Kier molecular flexibility index (Phi) is 6.72. The van der Waals surface area contributed by atoms with Gasteiger partial charge in [0.25, 0.3) is 5.91 Å². The molecule has 1 N–H and O–H groups in total. The van der Waals surface area contributed by atoms with E-state index in [9.17, 15) is 4.79 Å². The number of nitrogens with zero attached hydrogens (tertiary/aromatic N) is 3. The summed E-state index contributed by atoms with van der Waals surface area (Å²) >= 11 is 6.47. The number of piperazine rings is 1. The minimum atomic E-state index is -0.105. The van der Waals surface area contributed by atoms with Crippen molar-refractivity contribution in [1.29, 1.82) is 0 Å². The molecule has 30 heavy (non-hydrogen) atoms. The fourth-order valence-electron chi connectivity index (χ4n) is 4.20. The summed E-state index contributed by atoms with van der Waals surface area (Å²) in [6, 6.07) is 18.5. The topological polar surface area (TPSA) is 40.5 Å².